The van der Waals surface area contributed by atoms with Crippen molar-refractivity contribution < 1.29 is 9.59 Å². The smallest absolute Gasteiger partial charge is 0.246 e. The Morgan fingerprint density at radius 3 is 2.20 bits per heavy atom. The molecule has 1 aliphatic heterocycles. The largest absolute Gasteiger partial charge is 0.281 e. The molecule has 2 amide bonds. The lowest BCUT2D eigenvalue weighted by Gasteiger charge is -2.54. The number of likely N-dealkylation sites (tertiary alicyclic amines) is 1. The summed E-state index contributed by atoms with van der Waals surface area (Å²) in [5, 5.41) is 8.94. The molecule has 4 heteroatoms. The van der Waals surface area contributed by atoms with Gasteiger partial charge in [0, 0.05) is 12.5 Å². The Balaban J connectivity index is 1.55. The molecule has 4 nitrogen and oxygen atoms in total. The zero-order valence-corrected chi connectivity index (χ0v) is 11.6. The number of hydrogen-bond donors (Lipinski definition) is 0. The summed E-state index contributed by atoms with van der Waals surface area (Å²) in [4.78, 5) is 26.3. The number of carbonyl (C=O) groups excluding carboxylic acids is 2. The van der Waals surface area contributed by atoms with Crippen LogP contribution in [0.3, 0.4) is 0 Å². The van der Waals surface area contributed by atoms with Gasteiger partial charge in [-0.1, -0.05) is 0 Å². The average Bonchev–Trinajstić information content (AvgIpc) is 2.78. The quantitative estimate of drug-likeness (QED) is 0.685. The number of amides is 2. The van der Waals surface area contributed by atoms with E-state index in [1.807, 2.05) is 6.07 Å². The molecule has 0 aromatic carbocycles. The normalized spacial score (nSPS) is 45.8. The number of imide groups is 1. The molecule has 0 N–H and O–H groups in total. The van der Waals surface area contributed by atoms with E-state index in [4.69, 9.17) is 5.26 Å². The van der Waals surface area contributed by atoms with Gasteiger partial charge in [0.1, 0.15) is 5.92 Å². The Bertz CT molecular complexity index is 479. The minimum atomic E-state index is -0.587. The zero-order valence-electron chi connectivity index (χ0n) is 11.6. The van der Waals surface area contributed by atoms with Gasteiger partial charge in [-0.25, -0.2) is 0 Å². The molecule has 0 spiro atoms. The molecule has 20 heavy (non-hydrogen) atoms. The van der Waals surface area contributed by atoms with Crippen molar-refractivity contribution in [1.82, 2.24) is 4.90 Å². The van der Waals surface area contributed by atoms with Gasteiger partial charge in [0.25, 0.3) is 0 Å². The van der Waals surface area contributed by atoms with Gasteiger partial charge in [-0.2, -0.15) is 5.26 Å². The molecule has 1 atom stereocenters. The van der Waals surface area contributed by atoms with E-state index in [1.54, 1.807) is 0 Å². The Labute approximate surface area is 119 Å². The van der Waals surface area contributed by atoms with E-state index in [0.717, 1.165) is 11.8 Å². The molecule has 4 saturated carbocycles. The van der Waals surface area contributed by atoms with Crippen molar-refractivity contribution in [2.45, 2.75) is 38.5 Å². The van der Waals surface area contributed by atoms with E-state index >= 15 is 0 Å². The SMILES string of the molecule is N#CC1CCN(C(=O)C2C3CC4CC(C3)CC2C4)C1=O. The zero-order chi connectivity index (χ0) is 13.9. The molecule has 1 saturated heterocycles. The summed E-state index contributed by atoms with van der Waals surface area (Å²) in [6.07, 6.45) is 6.64. The molecular weight excluding hydrogens is 252 g/mol. The molecule has 0 aromatic heterocycles. The van der Waals surface area contributed by atoms with Gasteiger partial charge >= 0.3 is 0 Å². The van der Waals surface area contributed by atoms with E-state index < -0.39 is 5.92 Å². The molecule has 0 aromatic rings. The first-order valence-electron chi connectivity index (χ1n) is 7.92. The fourth-order valence-corrected chi connectivity index (χ4v) is 5.53. The molecule has 5 rings (SSSR count). The van der Waals surface area contributed by atoms with Gasteiger partial charge in [0.15, 0.2) is 0 Å². The number of carbonyl (C=O) groups is 2. The Morgan fingerprint density at radius 1 is 1.10 bits per heavy atom. The van der Waals surface area contributed by atoms with Crippen LogP contribution in [0.4, 0.5) is 0 Å². The van der Waals surface area contributed by atoms with Gasteiger partial charge in [-0.15, -0.1) is 0 Å². The third-order valence-corrected chi connectivity index (χ3v) is 6.14. The first kappa shape index (κ1) is 12.4. The summed E-state index contributed by atoms with van der Waals surface area (Å²) in [5.41, 5.74) is 0. The molecule has 5 aliphatic rings. The molecule has 5 fully saturated rings. The lowest BCUT2D eigenvalue weighted by atomic mass is 9.51. The van der Waals surface area contributed by atoms with Crippen LogP contribution in [0.5, 0.6) is 0 Å². The first-order valence-corrected chi connectivity index (χ1v) is 7.92. The van der Waals surface area contributed by atoms with Crippen molar-refractivity contribution in [3.63, 3.8) is 0 Å². The van der Waals surface area contributed by atoms with E-state index in [-0.39, 0.29) is 17.7 Å². The van der Waals surface area contributed by atoms with Gasteiger partial charge in [0.05, 0.1) is 6.07 Å². The van der Waals surface area contributed by atoms with E-state index in [2.05, 4.69) is 0 Å². The summed E-state index contributed by atoms with van der Waals surface area (Å²) in [7, 11) is 0. The highest BCUT2D eigenvalue weighted by atomic mass is 16.2. The van der Waals surface area contributed by atoms with Crippen molar-refractivity contribution >= 4 is 11.8 Å². The van der Waals surface area contributed by atoms with E-state index in [9.17, 15) is 9.59 Å². The highest BCUT2D eigenvalue weighted by molar-refractivity contribution is 6.00. The Morgan fingerprint density at radius 2 is 1.70 bits per heavy atom. The van der Waals surface area contributed by atoms with Crippen LogP contribution in [0.2, 0.25) is 0 Å². The van der Waals surface area contributed by atoms with Crippen LogP contribution in [-0.4, -0.2) is 23.3 Å². The summed E-state index contributed by atoms with van der Waals surface area (Å²) < 4.78 is 0. The first-order chi connectivity index (χ1) is 9.67. The maximum absolute atomic E-state index is 12.8. The standard InChI is InChI=1S/C16H20N2O2/c17-8-11-1-2-18(15(11)19)16(20)14-12-4-9-3-10(6-12)7-13(14)5-9/h9-14H,1-7H2. The fourth-order valence-electron chi connectivity index (χ4n) is 5.53. The predicted octanol–water partition coefficient (Wildman–Crippen LogP) is 1.96. The van der Waals surface area contributed by atoms with Crippen LogP contribution in [0, 0.1) is 46.8 Å². The van der Waals surface area contributed by atoms with Crippen LogP contribution in [0.1, 0.15) is 38.5 Å². The average molecular weight is 272 g/mol. The van der Waals surface area contributed by atoms with Crippen molar-refractivity contribution in [2.24, 2.45) is 35.5 Å². The molecule has 1 unspecified atom stereocenters. The van der Waals surface area contributed by atoms with Crippen LogP contribution >= 0.6 is 0 Å². The van der Waals surface area contributed by atoms with Crippen LogP contribution < -0.4 is 0 Å². The Kier molecular flexibility index (Phi) is 2.67. The number of nitrogens with zero attached hydrogens (tertiary/aromatic N) is 2. The van der Waals surface area contributed by atoms with Crippen LogP contribution in [-0.2, 0) is 9.59 Å². The van der Waals surface area contributed by atoms with E-state index in [1.165, 1.54) is 37.0 Å². The summed E-state index contributed by atoms with van der Waals surface area (Å²) in [6.45, 7) is 0.457. The fraction of sp³-hybridized carbons (Fsp3) is 0.812. The number of rotatable bonds is 1. The maximum atomic E-state index is 12.8. The minimum absolute atomic E-state index is 0.0431. The van der Waals surface area contributed by atoms with Crippen molar-refractivity contribution in [3.05, 3.63) is 0 Å². The maximum Gasteiger partial charge on any atom is 0.246 e. The second-order valence-corrected chi connectivity index (χ2v) is 7.25. The minimum Gasteiger partial charge on any atom is -0.281 e. The molecular formula is C16H20N2O2. The molecule has 0 radical (unpaired) electrons. The van der Waals surface area contributed by atoms with Crippen molar-refractivity contribution in [3.8, 4) is 6.07 Å². The third kappa shape index (κ3) is 1.65. The Hall–Kier alpha value is -1.37. The van der Waals surface area contributed by atoms with Gasteiger partial charge < -0.3 is 0 Å². The van der Waals surface area contributed by atoms with Crippen LogP contribution in [0.25, 0.3) is 0 Å². The summed E-state index contributed by atoms with van der Waals surface area (Å²) >= 11 is 0. The highest BCUT2D eigenvalue weighted by Gasteiger charge is 2.53. The summed E-state index contributed by atoms with van der Waals surface area (Å²) in [5.74, 6) is 1.97. The number of hydrogen-bond acceptors (Lipinski definition) is 3. The van der Waals surface area contributed by atoms with E-state index in [0.29, 0.717) is 24.8 Å². The van der Waals surface area contributed by atoms with Gasteiger partial charge in [-0.3, -0.25) is 14.5 Å². The molecule has 106 valence electrons. The second kappa shape index (κ2) is 4.31. The topological polar surface area (TPSA) is 61.2 Å². The monoisotopic (exact) mass is 272 g/mol. The van der Waals surface area contributed by atoms with Gasteiger partial charge in [-0.05, 0) is 62.2 Å². The van der Waals surface area contributed by atoms with Crippen molar-refractivity contribution in [2.75, 3.05) is 6.54 Å². The molecule has 4 bridgehead atoms. The van der Waals surface area contributed by atoms with Gasteiger partial charge in [0.2, 0.25) is 11.8 Å². The molecule has 4 aliphatic carbocycles. The van der Waals surface area contributed by atoms with Crippen molar-refractivity contribution in [1.29, 1.82) is 5.26 Å². The highest BCUT2D eigenvalue weighted by Crippen LogP contribution is 2.57. The lowest BCUT2D eigenvalue weighted by molar-refractivity contribution is -0.154. The second-order valence-electron chi connectivity index (χ2n) is 7.25. The third-order valence-electron chi connectivity index (χ3n) is 6.14. The van der Waals surface area contributed by atoms with Crippen LogP contribution in [0.15, 0.2) is 0 Å². The predicted molar refractivity (Wildman–Crippen MR) is 71.0 cm³/mol. The number of nitriles is 1. The molecule has 1 heterocycles. The lowest BCUT2D eigenvalue weighted by Crippen LogP contribution is -2.52. The summed E-state index contributed by atoms with van der Waals surface area (Å²) in [6, 6.07) is 2.02.